The van der Waals surface area contributed by atoms with Crippen LogP contribution in [0.15, 0.2) is 24.3 Å². The Kier molecular flexibility index (Phi) is 7.53. The molecular formula is C25H35N3O5. The number of amides is 3. The number of hydrogen-bond acceptors (Lipinski definition) is 5. The molecule has 1 aromatic carbocycles. The van der Waals surface area contributed by atoms with Gasteiger partial charge in [0, 0.05) is 27.2 Å². The molecule has 1 saturated carbocycles. The van der Waals surface area contributed by atoms with Crippen LogP contribution in [0, 0.1) is 5.92 Å². The van der Waals surface area contributed by atoms with E-state index >= 15 is 0 Å². The van der Waals surface area contributed by atoms with Gasteiger partial charge in [-0.05, 0) is 62.0 Å². The number of benzene rings is 1. The van der Waals surface area contributed by atoms with Crippen molar-refractivity contribution >= 4 is 17.7 Å². The average Bonchev–Trinajstić information content (AvgIpc) is 2.85. The number of nitrogens with one attached hydrogen (secondary N) is 1. The predicted molar refractivity (Wildman–Crippen MR) is 123 cm³/mol. The molecule has 2 bridgehead atoms. The predicted octanol–water partition coefficient (Wildman–Crippen LogP) is 1.93. The molecule has 0 aromatic heterocycles. The molecule has 0 unspecified atom stereocenters. The van der Waals surface area contributed by atoms with Gasteiger partial charge in [-0.15, -0.1) is 0 Å². The standard InChI is InChI=1S/C25H35N3O5/c1-27(2)25(31)24(30)26-14-18-6-5-13-28-21(18)15-32-19-11-9-17(10-12-19)20-7-3-4-8-22(20)33-16-23(28)29/h3-4,7-8,17-19,21H,5-6,9-16H2,1-2H3,(H,26,30)/t17?,18-,19?,21+/m1/s1. The summed E-state index contributed by atoms with van der Waals surface area (Å²) in [5.41, 5.74) is 1.18. The Hall–Kier alpha value is -2.61. The van der Waals surface area contributed by atoms with Gasteiger partial charge in [-0.1, -0.05) is 18.2 Å². The highest BCUT2D eigenvalue weighted by molar-refractivity contribution is 6.34. The third kappa shape index (κ3) is 5.49. The topological polar surface area (TPSA) is 88.2 Å². The Morgan fingerprint density at radius 3 is 2.64 bits per heavy atom. The van der Waals surface area contributed by atoms with Gasteiger partial charge in [-0.25, -0.2) is 0 Å². The van der Waals surface area contributed by atoms with E-state index in [9.17, 15) is 14.4 Å². The van der Waals surface area contributed by atoms with Crippen LogP contribution in [0.25, 0.3) is 0 Å². The summed E-state index contributed by atoms with van der Waals surface area (Å²) in [6.45, 7) is 1.41. The summed E-state index contributed by atoms with van der Waals surface area (Å²) in [6.07, 6.45) is 5.94. The average molecular weight is 458 g/mol. The van der Waals surface area contributed by atoms with Crippen molar-refractivity contribution < 1.29 is 23.9 Å². The maximum Gasteiger partial charge on any atom is 0.311 e. The summed E-state index contributed by atoms with van der Waals surface area (Å²) in [5.74, 6) is -0.00694. The highest BCUT2D eigenvalue weighted by atomic mass is 16.5. The number of piperidine rings is 1. The molecule has 0 radical (unpaired) electrons. The minimum Gasteiger partial charge on any atom is -0.483 e. The number of fused-ring (bicyclic) bond motifs is 5. The number of carbonyl (C=O) groups is 3. The third-order valence-electron chi connectivity index (χ3n) is 7.25. The van der Waals surface area contributed by atoms with Crippen LogP contribution in [0.3, 0.4) is 0 Å². The second kappa shape index (κ2) is 10.5. The third-order valence-corrected chi connectivity index (χ3v) is 7.25. The van der Waals surface area contributed by atoms with Crippen molar-refractivity contribution in [2.24, 2.45) is 5.92 Å². The minimum atomic E-state index is -0.618. The number of para-hydroxylation sites is 1. The van der Waals surface area contributed by atoms with Crippen molar-refractivity contribution in [1.82, 2.24) is 15.1 Å². The van der Waals surface area contributed by atoms with Crippen molar-refractivity contribution in [3.8, 4) is 5.75 Å². The fraction of sp³-hybridized carbons (Fsp3) is 0.640. The van der Waals surface area contributed by atoms with E-state index in [2.05, 4.69) is 11.4 Å². The molecule has 1 N–H and O–H groups in total. The van der Waals surface area contributed by atoms with E-state index in [1.54, 1.807) is 14.1 Å². The first-order valence-corrected chi connectivity index (χ1v) is 12.1. The molecule has 3 amide bonds. The van der Waals surface area contributed by atoms with Crippen molar-refractivity contribution in [3.05, 3.63) is 29.8 Å². The van der Waals surface area contributed by atoms with Gasteiger partial charge in [-0.3, -0.25) is 14.4 Å². The monoisotopic (exact) mass is 457 g/mol. The van der Waals surface area contributed by atoms with Crippen LogP contribution in [0.2, 0.25) is 0 Å². The Labute approximate surface area is 195 Å². The van der Waals surface area contributed by atoms with E-state index in [1.807, 2.05) is 23.1 Å². The maximum atomic E-state index is 13.2. The van der Waals surface area contributed by atoms with E-state index in [-0.39, 0.29) is 30.6 Å². The number of nitrogens with zero attached hydrogens (tertiary/aromatic N) is 2. The molecule has 1 aromatic rings. The Balaban J connectivity index is 1.51. The Morgan fingerprint density at radius 1 is 1.12 bits per heavy atom. The second-order valence-corrected chi connectivity index (χ2v) is 9.60. The number of rotatable bonds is 2. The summed E-state index contributed by atoms with van der Waals surface area (Å²) in [4.78, 5) is 40.5. The first kappa shape index (κ1) is 23.5. The number of hydrogen-bond donors (Lipinski definition) is 1. The highest BCUT2D eigenvalue weighted by Crippen LogP contribution is 2.39. The maximum absolute atomic E-state index is 13.2. The summed E-state index contributed by atoms with van der Waals surface area (Å²) in [5, 5.41) is 2.77. The molecule has 2 atom stereocenters. The molecule has 8 heteroatoms. The van der Waals surface area contributed by atoms with Crippen LogP contribution in [0.1, 0.15) is 50.0 Å². The molecule has 3 heterocycles. The lowest BCUT2D eigenvalue weighted by molar-refractivity contribution is -0.145. The van der Waals surface area contributed by atoms with Crippen molar-refractivity contribution in [3.63, 3.8) is 0 Å². The lowest BCUT2D eigenvalue weighted by Crippen LogP contribution is -2.55. The van der Waals surface area contributed by atoms with Gasteiger partial charge in [0.2, 0.25) is 0 Å². The van der Waals surface area contributed by atoms with Crippen molar-refractivity contribution in [2.75, 3.05) is 40.4 Å². The molecule has 0 spiro atoms. The zero-order chi connectivity index (χ0) is 23.4. The van der Waals surface area contributed by atoms with Crippen molar-refractivity contribution in [2.45, 2.75) is 56.6 Å². The summed E-state index contributed by atoms with van der Waals surface area (Å²) in [7, 11) is 3.11. The Bertz CT molecular complexity index is 865. The van der Waals surface area contributed by atoms with Crippen LogP contribution in [0.4, 0.5) is 0 Å². The van der Waals surface area contributed by atoms with Gasteiger partial charge in [-0.2, -0.15) is 0 Å². The quantitative estimate of drug-likeness (QED) is 0.686. The van der Waals surface area contributed by atoms with Gasteiger partial charge in [0.25, 0.3) is 5.91 Å². The van der Waals surface area contributed by atoms with Crippen LogP contribution in [-0.2, 0) is 19.1 Å². The first-order valence-electron chi connectivity index (χ1n) is 12.1. The number of carbonyl (C=O) groups excluding carboxylic acids is 3. The molecule has 33 heavy (non-hydrogen) atoms. The van der Waals surface area contributed by atoms with E-state index in [0.29, 0.717) is 25.6 Å². The molecule has 180 valence electrons. The van der Waals surface area contributed by atoms with Crippen LogP contribution >= 0.6 is 0 Å². The minimum absolute atomic E-state index is 0.0120. The van der Waals surface area contributed by atoms with Crippen LogP contribution in [-0.4, -0.2) is 80.1 Å². The van der Waals surface area contributed by atoms with Gasteiger partial charge < -0.3 is 24.6 Å². The molecule has 4 aliphatic rings. The Morgan fingerprint density at radius 2 is 1.88 bits per heavy atom. The molecule has 1 saturated heterocycles. The highest BCUT2D eigenvalue weighted by Gasteiger charge is 2.37. The fourth-order valence-electron chi connectivity index (χ4n) is 5.36. The van der Waals surface area contributed by atoms with E-state index < -0.39 is 11.8 Å². The van der Waals surface area contributed by atoms with Crippen molar-refractivity contribution in [1.29, 1.82) is 0 Å². The van der Waals surface area contributed by atoms with E-state index in [4.69, 9.17) is 9.47 Å². The van der Waals surface area contributed by atoms with Gasteiger partial charge in [0.05, 0.1) is 18.8 Å². The second-order valence-electron chi connectivity index (χ2n) is 9.60. The first-order chi connectivity index (χ1) is 15.9. The zero-order valence-corrected chi connectivity index (χ0v) is 19.6. The summed E-state index contributed by atoms with van der Waals surface area (Å²) < 4.78 is 12.4. The SMILES string of the molecule is CN(C)C(=O)C(=O)NC[C@H]1CCCN2C(=O)COc3ccccc3C3CCC(CC3)OC[C@@H]12. The summed E-state index contributed by atoms with van der Waals surface area (Å²) in [6, 6.07) is 7.90. The molecule has 2 fully saturated rings. The normalized spacial score (nSPS) is 27.7. The molecule has 1 aliphatic carbocycles. The summed E-state index contributed by atoms with van der Waals surface area (Å²) >= 11 is 0. The van der Waals surface area contributed by atoms with Crippen LogP contribution in [0.5, 0.6) is 5.75 Å². The number of likely N-dealkylation sites (N-methyl/N-ethyl adjacent to an activating group) is 1. The molecule has 8 nitrogen and oxygen atoms in total. The molecule has 3 aliphatic heterocycles. The van der Waals surface area contributed by atoms with E-state index in [1.165, 1.54) is 10.5 Å². The lowest BCUT2D eigenvalue weighted by Gasteiger charge is -2.42. The van der Waals surface area contributed by atoms with Crippen LogP contribution < -0.4 is 10.1 Å². The largest absolute Gasteiger partial charge is 0.483 e. The lowest BCUT2D eigenvalue weighted by atomic mass is 9.82. The fourth-order valence-corrected chi connectivity index (χ4v) is 5.36. The van der Waals surface area contributed by atoms with E-state index in [0.717, 1.165) is 44.3 Å². The van der Waals surface area contributed by atoms with Gasteiger partial charge in [0.1, 0.15) is 5.75 Å². The molecular weight excluding hydrogens is 422 g/mol. The smallest absolute Gasteiger partial charge is 0.311 e. The van der Waals surface area contributed by atoms with Gasteiger partial charge in [0.15, 0.2) is 6.61 Å². The number of ether oxygens (including phenoxy) is 2. The van der Waals surface area contributed by atoms with Gasteiger partial charge >= 0.3 is 11.8 Å². The zero-order valence-electron chi connectivity index (χ0n) is 19.6. The molecule has 5 rings (SSSR count).